The van der Waals surface area contributed by atoms with E-state index in [-0.39, 0.29) is 11.4 Å². The summed E-state index contributed by atoms with van der Waals surface area (Å²) < 4.78 is 18.7. The van der Waals surface area contributed by atoms with E-state index in [0.29, 0.717) is 22.8 Å². The molecule has 140 valence electrons. The lowest BCUT2D eigenvalue weighted by molar-refractivity contribution is -0.112. The number of anilines is 1. The Labute approximate surface area is 162 Å². The fraction of sp³-hybridized carbons (Fsp3) is 0.130. The van der Waals surface area contributed by atoms with Crippen LogP contribution < -0.4 is 5.32 Å². The number of nitrogens with one attached hydrogen (secondary N) is 1. The van der Waals surface area contributed by atoms with Crippen LogP contribution in [-0.4, -0.2) is 5.91 Å². The van der Waals surface area contributed by atoms with Crippen LogP contribution in [-0.2, 0) is 4.79 Å². The van der Waals surface area contributed by atoms with Crippen molar-refractivity contribution in [1.82, 2.24) is 0 Å². The number of nitriles is 1. The second-order valence-electron chi connectivity index (χ2n) is 6.61. The molecule has 1 N–H and O–H groups in total. The number of aryl methyl sites for hydroxylation is 3. The predicted octanol–water partition coefficient (Wildman–Crippen LogP) is 5.56. The minimum atomic E-state index is -0.503. The molecule has 0 spiro atoms. The van der Waals surface area contributed by atoms with E-state index in [1.165, 1.54) is 18.2 Å². The molecule has 0 atom stereocenters. The molecule has 0 saturated carbocycles. The summed E-state index contributed by atoms with van der Waals surface area (Å²) in [4.78, 5) is 12.6. The molecule has 0 saturated heterocycles. The van der Waals surface area contributed by atoms with E-state index in [0.717, 1.165) is 16.7 Å². The van der Waals surface area contributed by atoms with Gasteiger partial charge in [0.25, 0.3) is 5.91 Å². The summed E-state index contributed by atoms with van der Waals surface area (Å²) in [5.41, 5.74) is 4.30. The SMILES string of the molecule is Cc1cc(C)c(NC(=O)C(C#N)=Cc2ccc(-c3ccc(F)cc3)o2)c(C)c1. The van der Waals surface area contributed by atoms with Gasteiger partial charge in [0.15, 0.2) is 0 Å². The molecule has 0 aliphatic rings. The highest BCUT2D eigenvalue weighted by molar-refractivity contribution is 6.10. The molecular formula is C23H19FN2O2. The molecule has 5 heteroatoms. The highest BCUT2D eigenvalue weighted by Gasteiger charge is 2.14. The summed E-state index contributed by atoms with van der Waals surface area (Å²) in [6.45, 7) is 5.81. The van der Waals surface area contributed by atoms with E-state index < -0.39 is 5.91 Å². The van der Waals surface area contributed by atoms with Crippen LogP contribution in [0.25, 0.3) is 17.4 Å². The largest absolute Gasteiger partial charge is 0.457 e. The third-order valence-electron chi connectivity index (χ3n) is 4.32. The second kappa shape index (κ2) is 7.93. The van der Waals surface area contributed by atoms with Crippen LogP contribution in [0.15, 0.2) is 58.5 Å². The zero-order valence-electron chi connectivity index (χ0n) is 15.8. The summed E-state index contributed by atoms with van der Waals surface area (Å²) in [5, 5.41) is 12.2. The van der Waals surface area contributed by atoms with Gasteiger partial charge in [-0.3, -0.25) is 4.79 Å². The van der Waals surface area contributed by atoms with E-state index in [1.807, 2.05) is 39.0 Å². The third kappa shape index (κ3) is 4.18. The maximum absolute atomic E-state index is 13.1. The Morgan fingerprint density at radius 1 is 1.07 bits per heavy atom. The lowest BCUT2D eigenvalue weighted by atomic mass is 10.0. The number of furan rings is 1. The zero-order chi connectivity index (χ0) is 20.3. The first-order chi connectivity index (χ1) is 13.4. The topological polar surface area (TPSA) is 66.0 Å². The highest BCUT2D eigenvalue weighted by atomic mass is 19.1. The Balaban J connectivity index is 1.84. The lowest BCUT2D eigenvalue weighted by Gasteiger charge is -2.12. The second-order valence-corrected chi connectivity index (χ2v) is 6.61. The van der Waals surface area contributed by atoms with Gasteiger partial charge in [-0.2, -0.15) is 5.26 Å². The van der Waals surface area contributed by atoms with E-state index in [9.17, 15) is 14.4 Å². The smallest absolute Gasteiger partial charge is 0.266 e. The van der Waals surface area contributed by atoms with Crippen LogP contribution >= 0.6 is 0 Å². The third-order valence-corrected chi connectivity index (χ3v) is 4.32. The summed E-state index contributed by atoms with van der Waals surface area (Å²) in [6.07, 6.45) is 1.39. The number of carbonyl (C=O) groups is 1. The van der Waals surface area contributed by atoms with E-state index in [4.69, 9.17) is 4.42 Å². The number of benzene rings is 2. The van der Waals surface area contributed by atoms with Gasteiger partial charge in [-0.05, 0) is 68.3 Å². The maximum atomic E-state index is 13.1. The standard InChI is InChI=1S/C23H19FN2O2/c1-14-10-15(2)22(16(3)11-14)26-23(27)18(13-25)12-20-8-9-21(28-20)17-4-6-19(24)7-5-17/h4-12H,1-3H3,(H,26,27). The molecule has 2 aromatic carbocycles. The normalized spacial score (nSPS) is 11.2. The van der Waals surface area contributed by atoms with Gasteiger partial charge >= 0.3 is 0 Å². The van der Waals surface area contributed by atoms with Gasteiger partial charge in [-0.15, -0.1) is 0 Å². The molecule has 3 aromatic rings. The molecule has 1 heterocycles. The molecule has 4 nitrogen and oxygen atoms in total. The Bertz CT molecular complexity index is 1080. The first-order valence-electron chi connectivity index (χ1n) is 8.74. The first-order valence-corrected chi connectivity index (χ1v) is 8.74. The Hall–Kier alpha value is -3.65. The van der Waals surface area contributed by atoms with Crippen molar-refractivity contribution in [1.29, 1.82) is 5.26 Å². The van der Waals surface area contributed by atoms with Crippen LogP contribution in [0.3, 0.4) is 0 Å². The Morgan fingerprint density at radius 2 is 1.71 bits per heavy atom. The average Bonchev–Trinajstić information content (AvgIpc) is 3.11. The van der Waals surface area contributed by atoms with E-state index in [1.54, 1.807) is 24.3 Å². The Morgan fingerprint density at radius 3 is 2.32 bits per heavy atom. The van der Waals surface area contributed by atoms with Crippen LogP contribution in [0.2, 0.25) is 0 Å². The van der Waals surface area contributed by atoms with Crippen molar-refractivity contribution in [2.24, 2.45) is 0 Å². The number of amides is 1. The molecule has 0 bridgehead atoms. The van der Waals surface area contributed by atoms with Crippen molar-refractivity contribution < 1.29 is 13.6 Å². The summed E-state index contributed by atoms with van der Waals surface area (Å²) >= 11 is 0. The molecule has 0 aliphatic carbocycles. The summed E-state index contributed by atoms with van der Waals surface area (Å²) in [5.74, 6) is 0.0513. The van der Waals surface area contributed by atoms with Crippen LogP contribution in [0, 0.1) is 37.9 Å². The molecule has 1 amide bonds. The molecule has 1 aromatic heterocycles. The summed E-state index contributed by atoms with van der Waals surface area (Å²) in [6, 6.07) is 15.1. The highest BCUT2D eigenvalue weighted by Crippen LogP contribution is 2.25. The molecule has 3 rings (SSSR count). The summed E-state index contributed by atoms with van der Waals surface area (Å²) in [7, 11) is 0. The van der Waals surface area contributed by atoms with Crippen LogP contribution in [0.5, 0.6) is 0 Å². The maximum Gasteiger partial charge on any atom is 0.266 e. The van der Waals surface area contributed by atoms with Crippen molar-refractivity contribution in [2.45, 2.75) is 20.8 Å². The average molecular weight is 374 g/mol. The van der Waals surface area contributed by atoms with Crippen molar-refractivity contribution in [2.75, 3.05) is 5.32 Å². The molecule has 28 heavy (non-hydrogen) atoms. The van der Waals surface area contributed by atoms with Gasteiger partial charge < -0.3 is 9.73 Å². The van der Waals surface area contributed by atoms with Gasteiger partial charge in [0.1, 0.15) is 29.0 Å². The molecule has 0 unspecified atom stereocenters. The number of hydrogen-bond acceptors (Lipinski definition) is 3. The molecule has 0 fully saturated rings. The predicted molar refractivity (Wildman–Crippen MR) is 107 cm³/mol. The van der Waals surface area contributed by atoms with Gasteiger partial charge in [0, 0.05) is 17.3 Å². The number of carbonyl (C=O) groups excluding carboxylic acids is 1. The van der Waals surface area contributed by atoms with Gasteiger partial charge in [-0.1, -0.05) is 17.7 Å². The zero-order valence-corrected chi connectivity index (χ0v) is 15.8. The minimum absolute atomic E-state index is 0.0700. The molecule has 0 radical (unpaired) electrons. The van der Waals surface area contributed by atoms with E-state index >= 15 is 0 Å². The lowest BCUT2D eigenvalue weighted by Crippen LogP contribution is -2.15. The quantitative estimate of drug-likeness (QED) is 0.480. The number of nitrogens with zero attached hydrogens (tertiary/aromatic N) is 1. The van der Waals surface area contributed by atoms with Gasteiger partial charge in [0.05, 0.1) is 0 Å². The van der Waals surface area contributed by atoms with Gasteiger partial charge in [0.2, 0.25) is 0 Å². The van der Waals surface area contributed by atoms with Crippen molar-refractivity contribution in [3.63, 3.8) is 0 Å². The van der Waals surface area contributed by atoms with Gasteiger partial charge in [-0.25, -0.2) is 4.39 Å². The Kier molecular flexibility index (Phi) is 5.42. The van der Waals surface area contributed by atoms with Crippen molar-refractivity contribution in [3.05, 3.63) is 82.4 Å². The van der Waals surface area contributed by atoms with Crippen molar-refractivity contribution in [3.8, 4) is 17.4 Å². The number of rotatable bonds is 4. The van der Waals surface area contributed by atoms with Crippen LogP contribution in [0.1, 0.15) is 22.5 Å². The number of halogens is 1. The fourth-order valence-corrected chi connectivity index (χ4v) is 3.05. The van der Waals surface area contributed by atoms with E-state index in [2.05, 4.69) is 5.32 Å². The fourth-order valence-electron chi connectivity index (χ4n) is 3.05. The minimum Gasteiger partial charge on any atom is -0.457 e. The van der Waals surface area contributed by atoms with Crippen molar-refractivity contribution >= 4 is 17.7 Å². The monoisotopic (exact) mass is 374 g/mol. The first kappa shape index (κ1) is 19.1. The van der Waals surface area contributed by atoms with Crippen LogP contribution in [0.4, 0.5) is 10.1 Å². The molecular weight excluding hydrogens is 355 g/mol. The molecule has 0 aliphatic heterocycles. The number of hydrogen-bond donors (Lipinski definition) is 1.